The zero-order valence-electron chi connectivity index (χ0n) is 21.7. The third-order valence-electron chi connectivity index (χ3n) is 6.06. The average molecular weight is 525 g/mol. The van der Waals surface area contributed by atoms with Gasteiger partial charge in [0.25, 0.3) is 0 Å². The molecule has 1 aliphatic heterocycles. The van der Waals surface area contributed by atoms with Crippen LogP contribution in [-0.4, -0.2) is 45.0 Å². The summed E-state index contributed by atoms with van der Waals surface area (Å²) < 4.78 is 44.6. The van der Waals surface area contributed by atoms with Gasteiger partial charge in [-0.3, -0.25) is 0 Å². The second-order valence-corrected chi connectivity index (χ2v) is 8.97. The van der Waals surface area contributed by atoms with Gasteiger partial charge in [0, 0.05) is 0 Å². The summed E-state index contributed by atoms with van der Waals surface area (Å²) >= 11 is 0.536. The predicted octanol–water partition coefficient (Wildman–Crippen LogP) is 5.53. The summed E-state index contributed by atoms with van der Waals surface area (Å²) in [6, 6.07) is 29.8. The fourth-order valence-electron chi connectivity index (χ4n) is 4.24. The van der Waals surface area contributed by atoms with Gasteiger partial charge >= 0.3 is 0 Å². The Morgan fingerprint density at radius 1 is 0.703 bits per heavy atom. The van der Waals surface area contributed by atoms with Gasteiger partial charge in [0.2, 0.25) is 0 Å². The molecule has 6 nitrogen and oxygen atoms in total. The van der Waals surface area contributed by atoms with Crippen molar-refractivity contribution in [1.29, 1.82) is 1.12 Å². The van der Waals surface area contributed by atoms with Crippen molar-refractivity contribution in [2.45, 2.75) is 50.5 Å². The topological polar surface area (TPSA) is 55.4 Å². The molecule has 0 N–H and O–H groups in total. The monoisotopic (exact) mass is 524 g/mol. The Bertz CT molecular complexity index is 1060. The molecular weight excluding hydrogens is 488 g/mol. The van der Waals surface area contributed by atoms with Crippen molar-refractivity contribution >= 4 is 12.8 Å². The Balaban J connectivity index is 1.61. The smallest absolute Gasteiger partial charge is 0.187 e. The van der Waals surface area contributed by atoms with E-state index < -0.39 is 30.7 Å². The average Bonchev–Trinajstić information content (AvgIpc) is 2.97. The Morgan fingerprint density at radius 3 is 1.68 bits per heavy atom. The lowest BCUT2D eigenvalue weighted by atomic mass is 9.98. The molecule has 0 radical (unpaired) electrons. The molecule has 1 fully saturated rings. The normalized spacial score (nSPS) is 23.9. The van der Waals surface area contributed by atoms with E-state index in [-0.39, 0.29) is 13.2 Å². The highest BCUT2D eigenvalue weighted by Gasteiger charge is 2.49. The second-order valence-electron chi connectivity index (χ2n) is 8.73. The SMILES string of the molecule is [3H]SOCC1OC(OCC=C)C(OCc2ccccc2)C(OCc2ccccc2)C1OCc1ccccc1. The zero-order chi connectivity index (χ0) is 26.4. The number of rotatable bonds is 15. The molecule has 1 heterocycles. The lowest BCUT2D eigenvalue weighted by molar-refractivity contribution is -0.323. The molecule has 1 saturated heterocycles. The zero-order valence-corrected chi connectivity index (χ0v) is 21.5. The van der Waals surface area contributed by atoms with Crippen molar-refractivity contribution in [2.24, 2.45) is 0 Å². The minimum absolute atomic E-state index is 0.123. The van der Waals surface area contributed by atoms with Crippen LogP contribution in [0.1, 0.15) is 16.7 Å². The Kier molecular flexibility index (Phi) is 10.6. The first-order valence-corrected chi connectivity index (χ1v) is 12.7. The first-order chi connectivity index (χ1) is 18.8. The summed E-state index contributed by atoms with van der Waals surface area (Å²) in [5, 5.41) is 0. The lowest BCUT2D eigenvalue weighted by Crippen LogP contribution is -2.61. The van der Waals surface area contributed by atoms with Crippen LogP contribution in [0.2, 0.25) is 0 Å². The third-order valence-corrected chi connectivity index (χ3v) is 6.19. The molecule has 0 aliphatic carbocycles. The molecule has 5 unspecified atom stereocenters. The summed E-state index contributed by atoms with van der Waals surface area (Å²) in [6.45, 7) is 5.24. The quantitative estimate of drug-likeness (QED) is 0.160. The second kappa shape index (κ2) is 15.1. The fourth-order valence-corrected chi connectivity index (χ4v) is 4.38. The maximum Gasteiger partial charge on any atom is 0.187 e. The summed E-state index contributed by atoms with van der Waals surface area (Å²) in [5.74, 6) is 0. The molecule has 0 saturated carbocycles. The van der Waals surface area contributed by atoms with Gasteiger partial charge in [0.05, 0.1) is 33.0 Å². The van der Waals surface area contributed by atoms with Crippen LogP contribution in [0.25, 0.3) is 0 Å². The van der Waals surface area contributed by atoms with E-state index in [4.69, 9.17) is 29.0 Å². The van der Waals surface area contributed by atoms with E-state index in [9.17, 15) is 0 Å². The van der Waals surface area contributed by atoms with Gasteiger partial charge in [0.1, 0.15) is 25.5 Å². The molecule has 196 valence electrons. The van der Waals surface area contributed by atoms with E-state index in [1.54, 1.807) is 6.08 Å². The van der Waals surface area contributed by atoms with Gasteiger partial charge in [-0.1, -0.05) is 97.1 Å². The molecule has 0 bridgehead atoms. The molecule has 37 heavy (non-hydrogen) atoms. The highest BCUT2D eigenvalue weighted by Crippen LogP contribution is 2.31. The van der Waals surface area contributed by atoms with E-state index in [0.29, 0.717) is 32.6 Å². The van der Waals surface area contributed by atoms with Crippen LogP contribution in [0.15, 0.2) is 104 Å². The Morgan fingerprint density at radius 2 is 1.19 bits per heavy atom. The van der Waals surface area contributed by atoms with Gasteiger partial charge in [-0.15, -0.1) is 6.58 Å². The van der Waals surface area contributed by atoms with Gasteiger partial charge < -0.3 is 27.9 Å². The molecule has 4 rings (SSSR count). The fraction of sp³-hybridized carbons (Fsp3) is 0.333. The maximum atomic E-state index is 7.43. The number of thiol groups is 1. The first-order valence-electron chi connectivity index (χ1n) is 12.8. The molecule has 3 aromatic carbocycles. The molecule has 0 amide bonds. The summed E-state index contributed by atoms with van der Waals surface area (Å²) in [6.07, 6.45) is -1.33. The molecular formula is C30H34O6S. The largest absolute Gasteiger partial charge is 0.368 e. The van der Waals surface area contributed by atoms with Crippen LogP contribution < -0.4 is 0 Å². The molecule has 7 heteroatoms. The van der Waals surface area contributed by atoms with Gasteiger partial charge in [-0.2, -0.15) is 0 Å². The summed E-state index contributed by atoms with van der Waals surface area (Å²) in [4.78, 5) is 0. The predicted molar refractivity (Wildman–Crippen MR) is 145 cm³/mol. The van der Waals surface area contributed by atoms with Crippen molar-refractivity contribution in [1.82, 2.24) is 0 Å². The van der Waals surface area contributed by atoms with Gasteiger partial charge in [0.15, 0.2) is 6.29 Å². The number of hydrogen-bond donors (Lipinski definition) is 1. The standard InChI is InChI=1S/C30H34O6S/c1-2-18-31-30-29(34-21-25-16-10-5-11-17-25)28(33-20-24-14-8-4-9-15-24)27(26(36-30)22-35-37)32-19-23-12-6-3-7-13-23/h2-17,26-30,37H,1,18-22H2/i/hT. The number of benzene rings is 3. The van der Waals surface area contributed by atoms with Crippen molar-refractivity contribution < 1.29 is 27.9 Å². The molecule has 3 aromatic rings. The minimum Gasteiger partial charge on any atom is -0.368 e. The van der Waals surface area contributed by atoms with E-state index >= 15 is 0 Å². The third kappa shape index (κ3) is 8.25. The molecule has 1 aliphatic rings. The van der Waals surface area contributed by atoms with E-state index in [2.05, 4.69) is 6.58 Å². The molecule has 0 aromatic heterocycles. The Hall–Kier alpha value is -2.49. The van der Waals surface area contributed by atoms with Crippen molar-refractivity contribution in [3.05, 3.63) is 120 Å². The van der Waals surface area contributed by atoms with Gasteiger partial charge in [-0.05, 0) is 29.5 Å². The number of hydrogen-bond acceptors (Lipinski definition) is 7. The van der Waals surface area contributed by atoms with E-state index in [1.807, 2.05) is 91.0 Å². The van der Waals surface area contributed by atoms with Gasteiger partial charge in [-0.25, -0.2) is 0 Å². The summed E-state index contributed by atoms with van der Waals surface area (Å²) in [7, 11) is 0. The highest BCUT2D eigenvalue weighted by atomic mass is 32.1. The highest BCUT2D eigenvalue weighted by molar-refractivity contribution is 7.75. The molecule has 0 spiro atoms. The van der Waals surface area contributed by atoms with Crippen LogP contribution >= 0.6 is 12.8 Å². The summed E-state index contributed by atoms with van der Waals surface area (Å²) in [5.41, 5.74) is 3.07. The van der Waals surface area contributed by atoms with Crippen LogP contribution in [0, 0.1) is 0 Å². The van der Waals surface area contributed by atoms with Crippen LogP contribution in [0.3, 0.4) is 0 Å². The van der Waals surface area contributed by atoms with Crippen LogP contribution in [-0.2, 0) is 47.7 Å². The first kappa shape index (κ1) is 26.1. The number of ether oxygens (including phenoxy) is 5. The van der Waals surface area contributed by atoms with E-state index in [0.717, 1.165) is 16.7 Å². The van der Waals surface area contributed by atoms with Crippen LogP contribution in [0.5, 0.6) is 0 Å². The lowest BCUT2D eigenvalue weighted by Gasteiger charge is -2.45. The Labute approximate surface area is 225 Å². The van der Waals surface area contributed by atoms with Crippen molar-refractivity contribution in [2.75, 3.05) is 13.2 Å². The van der Waals surface area contributed by atoms with Crippen molar-refractivity contribution in [3.8, 4) is 0 Å². The van der Waals surface area contributed by atoms with Crippen molar-refractivity contribution in [3.63, 3.8) is 0 Å². The van der Waals surface area contributed by atoms with Crippen LogP contribution in [0.4, 0.5) is 0 Å². The minimum atomic E-state index is -0.751. The van der Waals surface area contributed by atoms with E-state index in [1.165, 1.54) is 0 Å². The maximum absolute atomic E-state index is 7.43. The molecule has 5 atom stereocenters.